The Morgan fingerprint density at radius 2 is 1.79 bits per heavy atom. The number of benzene rings is 2. The molecule has 0 saturated carbocycles. The second kappa shape index (κ2) is 10.2. The third-order valence-electron chi connectivity index (χ3n) is 5.40. The molecular weight excluding hydrogens is 411 g/mol. The van der Waals surface area contributed by atoms with Crippen LogP contribution in [0.15, 0.2) is 42.5 Å². The second-order valence-corrected chi connectivity index (χ2v) is 8.24. The first-order chi connectivity index (χ1) is 14.0. The summed E-state index contributed by atoms with van der Waals surface area (Å²) in [5, 5.41) is 16.5. The van der Waals surface area contributed by atoms with Crippen LogP contribution < -0.4 is 10.6 Å². The minimum absolute atomic E-state index is 0.188. The zero-order valence-corrected chi connectivity index (χ0v) is 17.7. The first-order valence-corrected chi connectivity index (χ1v) is 10.6. The number of hydrogen-bond acceptors (Lipinski definition) is 3. The minimum Gasteiger partial charge on any atom is -0.508 e. The molecule has 5 nitrogen and oxygen atoms in total. The van der Waals surface area contributed by atoms with Gasteiger partial charge >= 0.3 is 6.03 Å². The Kier molecular flexibility index (Phi) is 7.64. The average Bonchev–Trinajstić information content (AvgIpc) is 2.71. The van der Waals surface area contributed by atoms with Crippen LogP contribution in [0.3, 0.4) is 0 Å². The number of phenols is 1. The third-order valence-corrected chi connectivity index (χ3v) is 5.95. The molecule has 2 aromatic carbocycles. The molecule has 2 aromatic rings. The fraction of sp³-hybridized carbons (Fsp3) is 0.409. The van der Waals surface area contributed by atoms with E-state index in [0.717, 1.165) is 36.8 Å². The zero-order valence-electron chi connectivity index (χ0n) is 16.2. The number of urea groups is 1. The zero-order chi connectivity index (χ0) is 20.7. The van der Waals surface area contributed by atoms with Crippen LogP contribution in [0.4, 0.5) is 4.79 Å². The lowest BCUT2D eigenvalue weighted by atomic mass is 9.74. The molecule has 3 rings (SSSR count). The van der Waals surface area contributed by atoms with Crippen LogP contribution in [0.5, 0.6) is 5.75 Å². The van der Waals surface area contributed by atoms with Crippen molar-refractivity contribution in [2.45, 2.75) is 31.1 Å². The molecule has 156 valence electrons. The minimum atomic E-state index is -0.261. The van der Waals surface area contributed by atoms with Crippen molar-refractivity contribution in [3.8, 4) is 5.75 Å². The summed E-state index contributed by atoms with van der Waals surface area (Å²) in [4.78, 5) is 12.3. The fourth-order valence-electron chi connectivity index (χ4n) is 3.69. The highest BCUT2D eigenvalue weighted by atomic mass is 35.5. The first kappa shape index (κ1) is 21.8. The normalized spacial score (nSPS) is 15.7. The molecule has 29 heavy (non-hydrogen) atoms. The Hall–Kier alpha value is -1.95. The van der Waals surface area contributed by atoms with Gasteiger partial charge in [0.05, 0.1) is 0 Å². The number of rotatable bonds is 7. The van der Waals surface area contributed by atoms with E-state index in [2.05, 4.69) is 10.6 Å². The van der Waals surface area contributed by atoms with Gasteiger partial charge in [-0.15, -0.1) is 0 Å². The lowest BCUT2D eigenvalue weighted by Crippen LogP contribution is -2.47. The summed E-state index contributed by atoms with van der Waals surface area (Å²) in [5.74, 6) is 0.258. The quantitative estimate of drug-likeness (QED) is 0.551. The number of nitrogens with one attached hydrogen (secondary N) is 2. The number of aromatic hydroxyl groups is 1. The summed E-state index contributed by atoms with van der Waals surface area (Å²) >= 11 is 12.5. The van der Waals surface area contributed by atoms with E-state index in [9.17, 15) is 9.90 Å². The molecule has 1 aliphatic rings. The van der Waals surface area contributed by atoms with Crippen molar-refractivity contribution >= 4 is 29.2 Å². The SMILES string of the molecule is O=C(NCCCc1ccc(O)cc1)NCC1(c2ccc(Cl)cc2Cl)CCOCC1. The van der Waals surface area contributed by atoms with Gasteiger partial charge in [-0.2, -0.15) is 0 Å². The Labute approximate surface area is 181 Å². The molecule has 1 aliphatic heterocycles. The standard InChI is InChI=1S/C22H26Cl2N2O3/c23-17-5-8-19(20(24)14-17)22(9-12-29-13-10-22)15-26-21(28)25-11-1-2-16-3-6-18(27)7-4-16/h3-8,14,27H,1-2,9-13,15H2,(H2,25,26,28). The van der Waals surface area contributed by atoms with Crippen molar-refractivity contribution in [2.24, 2.45) is 0 Å². The van der Waals surface area contributed by atoms with E-state index in [1.165, 1.54) is 0 Å². The summed E-state index contributed by atoms with van der Waals surface area (Å²) in [6.07, 6.45) is 3.23. The topological polar surface area (TPSA) is 70.6 Å². The van der Waals surface area contributed by atoms with E-state index in [4.69, 9.17) is 27.9 Å². The van der Waals surface area contributed by atoms with E-state index in [1.807, 2.05) is 24.3 Å². The van der Waals surface area contributed by atoms with Gasteiger partial charge in [-0.1, -0.05) is 41.4 Å². The number of ether oxygens (including phenoxy) is 1. The number of aryl methyl sites for hydroxylation is 1. The van der Waals surface area contributed by atoms with Crippen LogP contribution >= 0.6 is 23.2 Å². The van der Waals surface area contributed by atoms with Gasteiger partial charge < -0.3 is 20.5 Å². The van der Waals surface area contributed by atoms with Crippen LogP contribution in [0.25, 0.3) is 0 Å². The van der Waals surface area contributed by atoms with Crippen molar-refractivity contribution in [1.82, 2.24) is 10.6 Å². The van der Waals surface area contributed by atoms with E-state index in [0.29, 0.717) is 36.3 Å². The van der Waals surface area contributed by atoms with Crippen LogP contribution in [-0.4, -0.2) is 37.4 Å². The highest BCUT2D eigenvalue weighted by Crippen LogP contribution is 2.39. The molecule has 1 heterocycles. The highest BCUT2D eigenvalue weighted by Gasteiger charge is 2.36. The van der Waals surface area contributed by atoms with Gasteiger partial charge in [0, 0.05) is 41.8 Å². The Morgan fingerprint density at radius 3 is 2.48 bits per heavy atom. The molecule has 7 heteroatoms. The first-order valence-electron chi connectivity index (χ1n) is 9.81. The van der Waals surface area contributed by atoms with Crippen LogP contribution in [0.1, 0.15) is 30.4 Å². The number of carbonyl (C=O) groups is 1. The number of amides is 2. The molecule has 0 aliphatic carbocycles. The lowest BCUT2D eigenvalue weighted by molar-refractivity contribution is 0.0507. The number of phenolic OH excluding ortho intramolecular Hbond substituents is 1. The molecule has 1 saturated heterocycles. The predicted molar refractivity (Wildman–Crippen MR) is 116 cm³/mol. The lowest BCUT2D eigenvalue weighted by Gasteiger charge is -2.38. The van der Waals surface area contributed by atoms with Gasteiger partial charge in [0.15, 0.2) is 0 Å². The molecule has 0 spiro atoms. The van der Waals surface area contributed by atoms with Crippen LogP contribution in [0, 0.1) is 0 Å². The van der Waals surface area contributed by atoms with E-state index in [-0.39, 0.29) is 17.2 Å². The van der Waals surface area contributed by atoms with Gasteiger partial charge in [-0.05, 0) is 61.1 Å². The highest BCUT2D eigenvalue weighted by molar-refractivity contribution is 6.35. The summed E-state index contributed by atoms with van der Waals surface area (Å²) in [6.45, 7) is 2.33. The number of halogens is 2. The van der Waals surface area contributed by atoms with Gasteiger partial charge in [-0.3, -0.25) is 0 Å². The molecule has 1 fully saturated rings. The smallest absolute Gasteiger partial charge is 0.314 e. The summed E-state index contributed by atoms with van der Waals surface area (Å²) in [7, 11) is 0. The number of carbonyl (C=O) groups excluding carboxylic acids is 1. The second-order valence-electron chi connectivity index (χ2n) is 7.40. The molecular formula is C22H26Cl2N2O3. The molecule has 3 N–H and O–H groups in total. The maximum Gasteiger partial charge on any atom is 0.314 e. The van der Waals surface area contributed by atoms with Gasteiger partial charge in [0.2, 0.25) is 0 Å². The van der Waals surface area contributed by atoms with Gasteiger partial charge in [0.1, 0.15) is 5.75 Å². The summed E-state index contributed by atoms with van der Waals surface area (Å²) in [5.41, 5.74) is 1.87. The molecule has 0 atom stereocenters. The third kappa shape index (κ3) is 6.01. The van der Waals surface area contributed by atoms with Crippen molar-refractivity contribution in [1.29, 1.82) is 0 Å². The molecule has 0 aromatic heterocycles. The van der Waals surface area contributed by atoms with Crippen LogP contribution in [-0.2, 0) is 16.6 Å². The van der Waals surface area contributed by atoms with Crippen molar-refractivity contribution in [3.05, 3.63) is 63.6 Å². The Morgan fingerprint density at radius 1 is 1.07 bits per heavy atom. The summed E-state index contributed by atoms with van der Waals surface area (Å²) in [6, 6.07) is 12.5. The largest absolute Gasteiger partial charge is 0.508 e. The van der Waals surface area contributed by atoms with Crippen molar-refractivity contribution < 1.29 is 14.6 Å². The molecule has 0 bridgehead atoms. The van der Waals surface area contributed by atoms with E-state index >= 15 is 0 Å². The van der Waals surface area contributed by atoms with Gasteiger partial charge in [0.25, 0.3) is 0 Å². The van der Waals surface area contributed by atoms with Crippen LogP contribution in [0.2, 0.25) is 10.0 Å². The Bertz CT molecular complexity index is 821. The van der Waals surface area contributed by atoms with Crippen molar-refractivity contribution in [3.63, 3.8) is 0 Å². The predicted octanol–water partition coefficient (Wildman–Crippen LogP) is 4.68. The van der Waals surface area contributed by atoms with E-state index < -0.39 is 0 Å². The average molecular weight is 437 g/mol. The maximum atomic E-state index is 12.3. The molecule has 0 unspecified atom stereocenters. The monoisotopic (exact) mass is 436 g/mol. The molecule has 2 amide bonds. The summed E-state index contributed by atoms with van der Waals surface area (Å²) < 4.78 is 5.53. The maximum absolute atomic E-state index is 12.3. The van der Waals surface area contributed by atoms with Gasteiger partial charge in [-0.25, -0.2) is 4.79 Å². The fourth-order valence-corrected chi connectivity index (χ4v) is 4.30. The number of hydrogen-bond donors (Lipinski definition) is 3. The van der Waals surface area contributed by atoms with E-state index in [1.54, 1.807) is 18.2 Å². The Balaban J connectivity index is 1.51. The van der Waals surface area contributed by atoms with Crippen molar-refractivity contribution in [2.75, 3.05) is 26.3 Å². The molecule has 0 radical (unpaired) electrons.